The van der Waals surface area contributed by atoms with E-state index in [2.05, 4.69) is 10.6 Å². The smallest absolute Gasteiger partial charge is 0.331 e. The number of carbonyl (C=O) groups is 3. The zero-order chi connectivity index (χ0) is 18.1. The molecule has 1 fully saturated rings. The van der Waals surface area contributed by atoms with E-state index >= 15 is 0 Å². The minimum absolute atomic E-state index is 0.126. The number of ether oxygens (including phenoxy) is 1. The van der Waals surface area contributed by atoms with E-state index in [4.69, 9.17) is 4.74 Å². The molecular formula is C19H26N2O4. The number of methoxy groups -OCH3 is 1. The van der Waals surface area contributed by atoms with Gasteiger partial charge in [0.05, 0.1) is 13.5 Å². The Bertz CT molecular complexity index is 595. The van der Waals surface area contributed by atoms with Gasteiger partial charge in [-0.2, -0.15) is 0 Å². The number of hydrogen-bond acceptors (Lipinski definition) is 4. The van der Waals surface area contributed by atoms with Crippen molar-refractivity contribution >= 4 is 17.8 Å². The Morgan fingerprint density at radius 3 is 2.36 bits per heavy atom. The second-order valence-electron chi connectivity index (χ2n) is 6.44. The van der Waals surface area contributed by atoms with Crippen LogP contribution in [0.1, 0.15) is 44.1 Å². The molecule has 6 heteroatoms. The average Bonchev–Trinajstić information content (AvgIpc) is 2.62. The van der Waals surface area contributed by atoms with Crippen LogP contribution in [0.15, 0.2) is 30.3 Å². The molecule has 2 amide bonds. The molecule has 1 aliphatic carbocycles. The second kappa shape index (κ2) is 9.20. The van der Waals surface area contributed by atoms with E-state index in [1.807, 2.05) is 30.3 Å². The van der Waals surface area contributed by atoms with Gasteiger partial charge in [0.1, 0.15) is 5.54 Å². The number of benzene rings is 1. The molecule has 1 aromatic carbocycles. The first-order valence-electron chi connectivity index (χ1n) is 8.76. The van der Waals surface area contributed by atoms with E-state index in [1.54, 1.807) is 0 Å². The quantitative estimate of drug-likeness (QED) is 0.737. The van der Waals surface area contributed by atoms with Crippen molar-refractivity contribution in [2.24, 2.45) is 0 Å². The summed E-state index contributed by atoms with van der Waals surface area (Å²) < 4.78 is 4.88. The fourth-order valence-electron chi connectivity index (χ4n) is 3.22. The fourth-order valence-corrected chi connectivity index (χ4v) is 3.22. The van der Waals surface area contributed by atoms with Crippen LogP contribution in [-0.2, 0) is 25.5 Å². The zero-order valence-electron chi connectivity index (χ0n) is 14.7. The van der Waals surface area contributed by atoms with Gasteiger partial charge in [0, 0.05) is 13.0 Å². The molecule has 25 heavy (non-hydrogen) atoms. The molecule has 6 nitrogen and oxygen atoms in total. The van der Waals surface area contributed by atoms with Gasteiger partial charge in [-0.05, 0) is 18.4 Å². The summed E-state index contributed by atoms with van der Waals surface area (Å²) in [5.74, 6) is -0.750. The van der Waals surface area contributed by atoms with Gasteiger partial charge in [-0.1, -0.05) is 49.6 Å². The SMILES string of the molecule is COC(=O)C1(NC(=O)CCNC(=O)Cc2ccccc2)CCCCC1. The number of hydrogen-bond donors (Lipinski definition) is 2. The topological polar surface area (TPSA) is 84.5 Å². The molecule has 0 aliphatic heterocycles. The lowest BCUT2D eigenvalue weighted by Gasteiger charge is -2.35. The van der Waals surface area contributed by atoms with Crippen molar-refractivity contribution in [2.45, 2.75) is 50.5 Å². The molecule has 1 aliphatic rings. The van der Waals surface area contributed by atoms with Gasteiger partial charge < -0.3 is 15.4 Å². The van der Waals surface area contributed by atoms with E-state index in [9.17, 15) is 14.4 Å². The van der Waals surface area contributed by atoms with Crippen LogP contribution in [-0.4, -0.2) is 37.0 Å². The van der Waals surface area contributed by atoms with E-state index in [0.717, 1.165) is 24.8 Å². The Morgan fingerprint density at radius 1 is 1.04 bits per heavy atom. The summed E-state index contributed by atoms with van der Waals surface area (Å²) in [4.78, 5) is 36.2. The lowest BCUT2D eigenvalue weighted by molar-refractivity contribution is -0.152. The van der Waals surface area contributed by atoms with Gasteiger partial charge in [0.15, 0.2) is 0 Å². The molecule has 2 N–H and O–H groups in total. The van der Waals surface area contributed by atoms with Gasteiger partial charge in [0.25, 0.3) is 0 Å². The van der Waals surface area contributed by atoms with Gasteiger partial charge in [-0.15, -0.1) is 0 Å². The summed E-state index contributed by atoms with van der Waals surface area (Å²) in [6, 6.07) is 9.43. The Labute approximate surface area is 148 Å². The molecular weight excluding hydrogens is 320 g/mol. The van der Waals surface area contributed by atoms with Gasteiger partial charge >= 0.3 is 5.97 Å². The summed E-state index contributed by atoms with van der Waals surface area (Å²) >= 11 is 0. The first-order chi connectivity index (χ1) is 12.1. The maximum Gasteiger partial charge on any atom is 0.331 e. The van der Waals surface area contributed by atoms with Crippen LogP contribution in [0, 0.1) is 0 Å². The average molecular weight is 346 g/mol. The normalized spacial score (nSPS) is 15.9. The summed E-state index contributed by atoms with van der Waals surface area (Å²) in [6.45, 7) is 0.245. The van der Waals surface area contributed by atoms with Crippen LogP contribution in [0.25, 0.3) is 0 Å². The zero-order valence-corrected chi connectivity index (χ0v) is 14.7. The summed E-state index contributed by atoms with van der Waals surface area (Å²) in [5, 5.41) is 5.58. The molecule has 0 atom stereocenters. The van der Waals surface area contributed by atoms with Crippen molar-refractivity contribution in [1.29, 1.82) is 0 Å². The Hall–Kier alpha value is -2.37. The van der Waals surface area contributed by atoms with E-state index in [0.29, 0.717) is 12.8 Å². The lowest BCUT2D eigenvalue weighted by Crippen LogP contribution is -2.56. The van der Waals surface area contributed by atoms with Crippen LogP contribution in [0.5, 0.6) is 0 Å². The third kappa shape index (κ3) is 5.59. The minimum Gasteiger partial charge on any atom is -0.467 e. The monoisotopic (exact) mass is 346 g/mol. The van der Waals surface area contributed by atoms with Crippen LogP contribution >= 0.6 is 0 Å². The molecule has 2 rings (SSSR count). The Kier molecular flexibility index (Phi) is 6.98. The first-order valence-corrected chi connectivity index (χ1v) is 8.76. The number of amides is 2. The van der Waals surface area contributed by atoms with Crippen molar-refractivity contribution in [3.63, 3.8) is 0 Å². The third-order valence-corrected chi connectivity index (χ3v) is 4.54. The van der Waals surface area contributed by atoms with Gasteiger partial charge in [-0.25, -0.2) is 4.79 Å². The van der Waals surface area contributed by atoms with E-state index < -0.39 is 5.54 Å². The van der Waals surface area contributed by atoms with Crippen LogP contribution in [0.2, 0.25) is 0 Å². The maximum atomic E-state index is 12.2. The van der Waals surface area contributed by atoms with Crippen molar-refractivity contribution in [3.05, 3.63) is 35.9 Å². The molecule has 0 bridgehead atoms. The van der Waals surface area contributed by atoms with Crippen molar-refractivity contribution in [2.75, 3.05) is 13.7 Å². The second-order valence-corrected chi connectivity index (χ2v) is 6.44. The highest BCUT2D eigenvalue weighted by atomic mass is 16.5. The van der Waals surface area contributed by atoms with E-state index in [-0.39, 0.29) is 37.2 Å². The van der Waals surface area contributed by atoms with Crippen LogP contribution in [0.4, 0.5) is 0 Å². The molecule has 0 spiro atoms. The third-order valence-electron chi connectivity index (χ3n) is 4.54. The predicted molar refractivity (Wildman–Crippen MR) is 93.7 cm³/mol. The first kappa shape index (κ1) is 19.0. The Morgan fingerprint density at radius 2 is 1.72 bits per heavy atom. The van der Waals surface area contributed by atoms with Crippen molar-refractivity contribution < 1.29 is 19.1 Å². The number of nitrogens with one attached hydrogen (secondary N) is 2. The van der Waals surface area contributed by atoms with Crippen LogP contribution in [0.3, 0.4) is 0 Å². The molecule has 136 valence electrons. The molecule has 0 saturated heterocycles. The molecule has 0 unspecified atom stereocenters. The largest absolute Gasteiger partial charge is 0.467 e. The van der Waals surface area contributed by atoms with Crippen LogP contribution < -0.4 is 10.6 Å². The number of rotatable bonds is 7. The summed E-state index contributed by atoms with van der Waals surface area (Å²) in [5.41, 5.74) is 0.0225. The lowest BCUT2D eigenvalue weighted by atomic mass is 9.81. The van der Waals surface area contributed by atoms with Gasteiger partial charge in [0.2, 0.25) is 11.8 Å². The highest BCUT2D eigenvalue weighted by molar-refractivity contribution is 5.88. The molecule has 0 radical (unpaired) electrons. The molecule has 0 heterocycles. The highest BCUT2D eigenvalue weighted by Crippen LogP contribution is 2.29. The molecule has 0 aromatic heterocycles. The predicted octanol–water partition coefficient (Wildman–Crippen LogP) is 1.73. The van der Waals surface area contributed by atoms with Crippen molar-refractivity contribution in [1.82, 2.24) is 10.6 Å². The summed E-state index contributed by atoms with van der Waals surface area (Å²) in [7, 11) is 1.34. The highest BCUT2D eigenvalue weighted by Gasteiger charge is 2.41. The van der Waals surface area contributed by atoms with Crippen molar-refractivity contribution in [3.8, 4) is 0 Å². The number of carbonyl (C=O) groups excluding carboxylic acids is 3. The maximum absolute atomic E-state index is 12.2. The minimum atomic E-state index is -0.905. The summed E-state index contributed by atoms with van der Waals surface area (Å²) in [6.07, 6.45) is 4.47. The molecule has 1 aromatic rings. The fraction of sp³-hybridized carbons (Fsp3) is 0.526. The molecule has 1 saturated carbocycles. The standard InChI is InChI=1S/C19H26N2O4/c1-25-18(24)19(11-6-3-7-12-19)21-16(22)10-13-20-17(23)14-15-8-4-2-5-9-15/h2,4-5,8-9H,3,6-7,10-14H2,1H3,(H,20,23)(H,21,22). The number of esters is 1. The van der Waals surface area contributed by atoms with E-state index in [1.165, 1.54) is 7.11 Å². The van der Waals surface area contributed by atoms with Gasteiger partial charge in [-0.3, -0.25) is 9.59 Å². The Balaban J connectivity index is 1.77.